The molecule has 1 aromatic rings. The molecule has 102 valence electrons. The Morgan fingerprint density at radius 3 is 2.72 bits per heavy atom. The number of rotatable bonds is 4. The zero-order chi connectivity index (χ0) is 13.8. The van der Waals surface area contributed by atoms with E-state index in [4.69, 9.17) is 4.74 Å². The average molecular weight is 274 g/mol. The Morgan fingerprint density at radius 1 is 1.56 bits per heavy atom. The van der Waals surface area contributed by atoms with Crippen LogP contribution >= 0.6 is 11.3 Å². The fraction of sp³-hybridized carbons (Fsp3) is 0.636. The highest BCUT2D eigenvalue weighted by Gasteiger charge is 2.22. The third kappa shape index (κ3) is 4.99. The highest BCUT2D eigenvalue weighted by Crippen LogP contribution is 2.16. The first-order valence-corrected chi connectivity index (χ1v) is 6.45. The van der Waals surface area contributed by atoms with Gasteiger partial charge in [0.05, 0.1) is 11.2 Å². The number of hydrogen-bond acceptors (Lipinski definition) is 6. The monoisotopic (exact) mass is 274 g/mol. The summed E-state index contributed by atoms with van der Waals surface area (Å²) in [5.41, 5.74) is 1.35. The summed E-state index contributed by atoms with van der Waals surface area (Å²) in [7, 11) is 0. The lowest BCUT2D eigenvalue weighted by atomic mass is 10.1. The van der Waals surface area contributed by atoms with E-state index in [1.54, 1.807) is 31.7 Å². The van der Waals surface area contributed by atoms with E-state index in [1.165, 1.54) is 11.3 Å². The van der Waals surface area contributed by atoms with Crippen molar-refractivity contribution in [2.75, 3.05) is 6.54 Å². The SMILES string of the molecule is CC(C)(C)OC(=O)NCC(O)C(O)c1cscn1. The van der Waals surface area contributed by atoms with Gasteiger partial charge in [-0.25, -0.2) is 9.78 Å². The summed E-state index contributed by atoms with van der Waals surface area (Å²) in [6.07, 6.45) is -2.88. The Hall–Kier alpha value is -1.18. The van der Waals surface area contributed by atoms with Crippen LogP contribution in [0.15, 0.2) is 10.9 Å². The number of alkyl carbamates (subject to hydrolysis) is 1. The maximum Gasteiger partial charge on any atom is 0.407 e. The number of carbonyl (C=O) groups excluding carboxylic acids is 1. The van der Waals surface area contributed by atoms with Crippen LogP contribution < -0.4 is 5.32 Å². The molecule has 0 aliphatic rings. The number of nitrogens with one attached hydrogen (secondary N) is 1. The van der Waals surface area contributed by atoms with E-state index in [2.05, 4.69) is 10.3 Å². The van der Waals surface area contributed by atoms with Crippen LogP contribution in [-0.4, -0.2) is 39.5 Å². The number of carbonyl (C=O) groups is 1. The molecule has 1 aromatic heterocycles. The highest BCUT2D eigenvalue weighted by atomic mass is 32.1. The molecule has 0 bridgehead atoms. The number of aromatic nitrogens is 1. The summed E-state index contributed by atoms with van der Waals surface area (Å²) in [4.78, 5) is 15.2. The molecular formula is C11H18N2O4S. The van der Waals surface area contributed by atoms with Crippen molar-refractivity contribution in [2.45, 2.75) is 38.6 Å². The molecule has 0 spiro atoms. The van der Waals surface area contributed by atoms with Crippen molar-refractivity contribution in [3.63, 3.8) is 0 Å². The van der Waals surface area contributed by atoms with E-state index < -0.39 is 23.9 Å². The molecule has 1 heterocycles. The molecule has 6 nitrogen and oxygen atoms in total. The number of aliphatic hydroxyl groups excluding tert-OH is 2. The summed E-state index contributed by atoms with van der Waals surface area (Å²) >= 11 is 1.32. The first-order valence-electron chi connectivity index (χ1n) is 5.50. The second-order valence-electron chi connectivity index (χ2n) is 4.81. The van der Waals surface area contributed by atoms with Crippen LogP contribution in [0.5, 0.6) is 0 Å². The molecule has 2 unspecified atom stereocenters. The molecule has 0 aliphatic carbocycles. The molecule has 0 saturated heterocycles. The van der Waals surface area contributed by atoms with Crippen LogP contribution in [0.25, 0.3) is 0 Å². The zero-order valence-corrected chi connectivity index (χ0v) is 11.4. The van der Waals surface area contributed by atoms with Crippen molar-refractivity contribution in [1.29, 1.82) is 0 Å². The van der Waals surface area contributed by atoms with Gasteiger partial charge in [0.15, 0.2) is 0 Å². The van der Waals surface area contributed by atoms with Crippen molar-refractivity contribution < 1.29 is 19.7 Å². The molecule has 7 heteroatoms. The quantitative estimate of drug-likeness (QED) is 0.763. The summed E-state index contributed by atoms with van der Waals surface area (Å²) < 4.78 is 5.00. The molecular weight excluding hydrogens is 256 g/mol. The third-order valence-electron chi connectivity index (χ3n) is 1.97. The Bertz CT molecular complexity index is 375. The van der Waals surface area contributed by atoms with Gasteiger partial charge in [-0.15, -0.1) is 11.3 Å². The average Bonchev–Trinajstić information content (AvgIpc) is 2.75. The smallest absolute Gasteiger partial charge is 0.407 e. The normalized spacial score (nSPS) is 14.9. The molecule has 1 rings (SSSR count). The van der Waals surface area contributed by atoms with Gasteiger partial charge >= 0.3 is 6.09 Å². The molecule has 0 saturated carbocycles. The lowest BCUT2D eigenvalue weighted by Gasteiger charge is -2.21. The number of nitrogens with zero attached hydrogens (tertiary/aromatic N) is 1. The molecule has 0 aromatic carbocycles. The molecule has 18 heavy (non-hydrogen) atoms. The van der Waals surface area contributed by atoms with Crippen LogP contribution in [0.2, 0.25) is 0 Å². The maximum absolute atomic E-state index is 11.3. The van der Waals surface area contributed by atoms with Gasteiger partial charge in [0.1, 0.15) is 17.8 Å². The topological polar surface area (TPSA) is 91.7 Å². The molecule has 3 N–H and O–H groups in total. The predicted octanol–water partition coefficient (Wildman–Crippen LogP) is 1.06. The fourth-order valence-corrected chi connectivity index (χ4v) is 1.76. The third-order valence-corrected chi connectivity index (χ3v) is 2.58. The number of aliphatic hydroxyl groups is 2. The van der Waals surface area contributed by atoms with E-state index in [9.17, 15) is 15.0 Å². The first kappa shape index (κ1) is 14.9. The van der Waals surface area contributed by atoms with Crippen molar-refractivity contribution in [1.82, 2.24) is 10.3 Å². The van der Waals surface area contributed by atoms with Gasteiger partial charge < -0.3 is 20.3 Å². The van der Waals surface area contributed by atoms with Crippen molar-refractivity contribution in [2.24, 2.45) is 0 Å². The van der Waals surface area contributed by atoms with Gasteiger partial charge in [0, 0.05) is 11.9 Å². The molecule has 2 atom stereocenters. The summed E-state index contributed by atoms with van der Waals surface area (Å²) in [6.45, 7) is 5.13. The van der Waals surface area contributed by atoms with Crippen LogP contribution in [0.4, 0.5) is 4.79 Å². The second-order valence-corrected chi connectivity index (χ2v) is 5.53. The minimum atomic E-state index is -1.13. The number of ether oxygens (including phenoxy) is 1. The summed E-state index contributed by atoms with van der Waals surface area (Å²) in [5.74, 6) is 0. The minimum Gasteiger partial charge on any atom is -0.444 e. The molecule has 0 radical (unpaired) electrons. The second kappa shape index (κ2) is 6.12. The Kier molecular flexibility index (Phi) is 5.06. The van der Waals surface area contributed by atoms with Crippen molar-refractivity contribution in [3.8, 4) is 0 Å². The largest absolute Gasteiger partial charge is 0.444 e. The van der Waals surface area contributed by atoms with Crippen molar-refractivity contribution >= 4 is 17.4 Å². The van der Waals surface area contributed by atoms with Gasteiger partial charge in [-0.3, -0.25) is 0 Å². The van der Waals surface area contributed by atoms with Gasteiger partial charge in [-0.1, -0.05) is 0 Å². The Balaban J connectivity index is 2.37. The summed E-state index contributed by atoms with van der Waals surface area (Å²) in [5, 5.41) is 23.4. The van der Waals surface area contributed by atoms with Crippen LogP contribution in [0, 0.1) is 0 Å². The van der Waals surface area contributed by atoms with Gasteiger partial charge in [0.2, 0.25) is 0 Å². The van der Waals surface area contributed by atoms with E-state index in [-0.39, 0.29) is 6.54 Å². The number of thiazole rings is 1. The lowest BCUT2D eigenvalue weighted by molar-refractivity contribution is 0.0111. The lowest BCUT2D eigenvalue weighted by Crippen LogP contribution is -2.38. The summed E-state index contributed by atoms with van der Waals surface area (Å²) in [6, 6.07) is 0. The van der Waals surface area contributed by atoms with Crippen LogP contribution in [0.1, 0.15) is 32.6 Å². The van der Waals surface area contributed by atoms with E-state index in [1.807, 2.05) is 0 Å². The van der Waals surface area contributed by atoms with Crippen LogP contribution in [0.3, 0.4) is 0 Å². The maximum atomic E-state index is 11.3. The molecule has 0 fully saturated rings. The fourth-order valence-electron chi connectivity index (χ4n) is 1.18. The molecule has 0 aliphatic heterocycles. The minimum absolute atomic E-state index is 0.104. The Morgan fingerprint density at radius 2 is 2.22 bits per heavy atom. The van der Waals surface area contributed by atoms with Gasteiger partial charge in [-0.2, -0.15) is 0 Å². The van der Waals surface area contributed by atoms with E-state index >= 15 is 0 Å². The Labute approximate surface area is 110 Å². The number of hydrogen-bond donors (Lipinski definition) is 3. The van der Waals surface area contributed by atoms with Crippen LogP contribution in [-0.2, 0) is 4.74 Å². The van der Waals surface area contributed by atoms with Crippen molar-refractivity contribution in [3.05, 3.63) is 16.6 Å². The predicted molar refractivity (Wildman–Crippen MR) is 67.3 cm³/mol. The van der Waals surface area contributed by atoms with E-state index in [0.29, 0.717) is 5.69 Å². The standard InChI is InChI=1S/C11H18N2O4S/c1-11(2,3)17-10(16)12-4-8(14)9(15)7-5-18-6-13-7/h5-6,8-9,14-15H,4H2,1-3H3,(H,12,16). The first-order chi connectivity index (χ1) is 8.29. The van der Waals surface area contributed by atoms with Gasteiger partial charge in [-0.05, 0) is 20.8 Å². The zero-order valence-electron chi connectivity index (χ0n) is 10.6. The molecule has 1 amide bonds. The highest BCUT2D eigenvalue weighted by molar-refractivity contribution is 7.07. The number of amides is 1. The van der Waals surface area contributed by atoms with E-state index in [0.717, 1.165) is 0 Å². The van der Waals surface area contributed by atoms with Gasteiger partial charge in [0.25, 0.3) is 0 Å².